The molecule has 24 heavy (non-hydrogen) atoms. The normalized spacial score (nSPS) is 11.6. The lowest BCUT2D eigenvalue weighted by Gasteiger charge is -2.08. The maximum Gasteiger partial charge on any atom is 0.271 e. The molecule has 2 heterocycles. The fourth-order valence-corrected chi connectivity index (χ4v) is 5.50. The molecule has 0 atom stereocenters. The van der Waals surface area contributed by atoms with Gasteiger partial charge in [-0.3, -0.25) is 4.72 Å². The summed E-state index contributed by atoms with van der Waals surface area (Å²) in [5.74, 6) is 0. The maximum absolute atomic E-state index is 12.6. The first-order valence-corrected chi connectivity index (χ1v) is 10.7. The highest BCUT2D eigenvalue weighted by Gasteiger charge is 2.18. The third-order valence-corrected chi connectivity index (χ3v) is 7.75. The van der Waals surface area contributed by atoms with Gasteiger partial charge in [-0.05, 0) is 55.7 Å². The van der Waals surface area contributed by atoms with Crippen LogP contribution in [0.4, 0.5) is 5.69 Å². The molecule has 0 amide bonds. The van der Waals surface area contributed by atoms with Gasteiger partial charge < -0.3 is 0 Å². The van der Waals surface area contributed by atoms with E-state index < -0.39 is 10.0 Å². The number of anilines is 1. The van der Waals surface area contributed by atoms with E-state index in [1.54, 1.807) is 23.5 Å². The number of aryl methyl sites for hydroxylation is 3. The van der Waals surface area contributed by atoms with Gasteiger partial charge in [0.2, 0.25) is 0 Å². The molecule has 0 spiro atoms. The summed E-state index contributed by atoms with van der Waals surface area (Å²) in [6.07, 6.45) is 0.876. The number of thiazole rings is 1. The average Bonchev–Trinajstić information content (AvgIpc) is 3.19. The lowest BCUT2D eigenvalue weighted by atomic mass is 10.1. The van der Waals surface area contributed by atoms with Crippen molar-refractivity contribution in [3.8, 4) is 9.88 Å². The average molecular weight is 379 g/mol. The first-order valence-electron chi connectivity index (χ1n) is 7.53. The Hall–Kier alpha value is -1.70. The van der Waals surface area contributed by atoms with Crippen LogP contribution in [0.25, 0.3) is 9.88 Å². The number of aromatic nitrogens is 1. The molecule has 0 saturated heterocycles. The van der Waals surface area contributed by atoms with Gasteiger partial charge >= 0.3 is 0 Å². The van der Waals surface area contributed by atoms with E-state index in [0.29, 0.717) is 9.90 Å². The number of nitrogens with one attached hydrogen (secondary N) is 1. The predicted octanol–water partition coefficient (Wildman–Crippen LogP) is 4.85. The van der Waals surface area contributed by atoms with E-state index in [2.05, 4.69) is 16.6 Å². The molecule has 2 aromatic heterocycles. The van der Waals surface area contributed by atoms with Gasteiger partial charge in [-0.25, -0.2) is 13.4 Å². The molecule has 0 radical (unpaired) electrons. The molecule has 3 aromatic rings. The summed E-state index contributed by atoms with van der Waals surface area (Å²) in [5, 5.41) is 2.88. The smallest absolute Gasteiger partial charge is 0.271 e. The number of sulfonamides is 1. The number of rotatable bonds is 5. The van der Waals surface area contributed by atoms with E-state index in [0.717, 1.165) is 33.1 Å². The van der Waals surface area contributed by atoms with Crippen LogP contribution in [0.5, 0.6) is 0 Å². The molecule has 0 bridgehead atoms. The number of thiophene rings is 1. The Bertz CT molecular complexity index is 971. The Balaban J connectivity index is 1.86. The highest BCUT2D eigenvalue weighted by atomic mass is 32.2. The zero-order chi connectivity index (χ0) is 17.3. The summed E-state index contributed by atoms with van der Waals surface area (Å²) in [6, 6.07) is 8.99. The molecular weight excluding hydrogens is 360 g/mol. The molecule has 0 saturated carbocycles. The van der Waals surface area contributed by atoms with Crippen molar-refractivity contribution in [3.63, 3.8) is 0 Å². The van der Waals surface area contributed by atoms with Crippen LogP contribution in [0.15, 0.2) is 39.9 Å². The fraction of sp³-hybridized carbons (Fsp3) is 0.235. The predicted molar refractivity (Wildman–Crippen MR) is 102 cm³/mol. The number of hydrogen-bond acceptors (Lipinski definition) is 5. The van der Waals surface area contributed by atoms with Gasteiger partial charge in [0.25, 0.3) is 10.0 Å². The minimum absolute atomic E-state index is 0.295. The van der Waals surface area contributed by atoms with Crippen LogP contribution in [0.2, 0.25) is 0 Å². The van der Waals surface area contributed by atoms with Crippen molar-refractivity contribution in [2.45, 2.75) is 31.4 Å². The molecule has 0 fully saturated rings. The SMILES string of the molecule is CCc1csc(-c2ccc(S(=O)(=O)Nc3ccc(C)c(C)c3)s2)n1. The van der Waals surface area contributed by atoms with E-state index >= 15 is 0 Å². The number of benzene rings is 1. The number of nitrogens with zero attached hydrogens (tertiary/aromatic N) is 1. The molecule has 1 aromatic carbocycles. The molecule has 126 valence electrons. The van der Waals surface area contributed by atoms with Gasteiger partial charge in [0.05, 0.1) is 10.6 Å². The molecule has 0 unspecified atom stereocenters. The van der Waals surface area contributed by atoms with Crippen molar-refractivity contribution in [3.05, 3.63) is 52.5 Å². The molecule has 0 aliphatic carbocycles. The van der Waals surface area contributed by atoms with Crippen molar-refractivity contribution in [1.29, 1.82) is 0 Å². The minimum Gasteiger partial charge on any atom is -0.279 e. The Labute approximate surface area is 150 Å². The van der Waals surface area contributed by atoms with Crippen LogP contribution in [-0.2, 0) is 16.4 Å². The zero-order valence-electron chi connectivity index (χ0n) is 13.7. The Morgan fingerprint density at radius 1 is 1.12 bits per heavy atom. The van der Waals surface area contributed by atoms with Gasteiger partial charge in [0, 0.05) is 11.1 Å². The Morgan fingerprint density at radius 3 is 2.58 bits per heavy atom. The van der Waals surface area contributed by atoms with Crippen molar-refractivity contribution < 1.29 is 8.42 Å². The third kappa shape index (κ3) is 3.53. The summed E-state index contributed by atoms with van der Waals surface area (Å²) in [6.45, 7) is 6.01. The second-order valence-electron chi connectivity index (χ2n) is 5.52. The lowest BCUT2D eigenvalue weighted by Crippen LogP contribution is -2.11. The molecule has 1 N–H and O–H groups in total. The van der Waals surface area contributed by atoms with Crippen LogP contribution in [-0.4, -0.2) is 13.4 Å². The summed E-state index contributed by atoms with van der Waals surface area (Å²) < 4.78 is 28.1. The van der Waals surface area contributed by atoms with Crippen LogP contribution >= 0.6 is 22.7 Å². The fourth-order valence-electron chi connectivity index (χ4n) is 2.17. The highest BCUT2D eigenvalue weighted by Crippen LogP contribution is 2.33. The van der Waals surface area contributed by atoms with Crippen molar-refractivity contribution in [2.24, 2.45) is 0 Å². The summed E-state index contributed by atoms with van der Waals surface area (Å²) in [5.41, 5.74) is 3.79. The van der Waals surface area contributed by atoms with E-state index in [-0.39, 0.29) is 0 Å². The van der Waals surface area contributed by atoms with Crippen LogP contribution in [0.3, 0.4) is 0 Å². The van der Waals surface area contributed by atoms with E-state index in [4.69, 9.17) is 0 Å². The van der Waals surface area contributed by atoms with Gasteiger partial charge in [0.1, 0.15) is 9.22 Å². The standard InChI is InChI=1S/C17H18N2O2S3/c1-4-13-10-22-17(18-13)15-7-8-16(23-15)24(20,21)19-14-6-5-11(2)12(3)9-14/h5-10,19H,4H2,1-3H3. The van der Waals surface area contributed by atoms with Gasteiger partial charge in [-0.2, -0.15) is 0 Å². The second kappa shape index (κ2) is 6.66. The zero-order valence-corrected chi connectivity index (χ0v) is 16.1. The highest BCUT2D eigenvalue weighted by molar-refractivity contribution is 7.94. The molecule has 3 rings (SSSR count). The van der Waals surface area contributed by atoms with Crippen LogP contribution in [0.1, 0.15) is 23.7 Å². The summed E-state index contributed by atoms with van der Waals surface area (Å²) >= 11 is 2.78. The summed E-state index contributed by atoms with van der Waals surface area (Å²) in [7, 11) is -3.58. The van der Waals surface area contributed by atoms with Gasteiger partial charge in [0.15, 0.2) is 0 Å². The maximum atomic E-state index is 12.6. The largest absolute Gasteiger partial charge is 0.279 e. The monoisotopic (exact) mass is 378 g/mol. The van der Waals surface area contributed by atoms with E-state index in [9.17, 15) is 8.42 Å². The van der Waals surface area contributed by atoms with Gasteiger partial charge in [-0.1, -0.05) is 13.0 Å². The molecule has 0 aliphatic rings. The van der Waals surface area contributed by atoms with E-state index in [1.807, 2.05) is 37.4 Å². The molecule has 7 heteroatoms. The quantitative estimate of drug-likeness (QED) is 0.690. The number of hydrogen-bond donors (Lipinski definition) is 1. The topological polar surface area (TPSA) is 59.1 Å². The van der Waals surface area contributed by atoms with Crippen molar-refractivity contribution in [2.75, 3.05) is 4.72 Å². The van der Waals surface area contributed by atoms with Gasteiger partial charge in [-0.15, -0.1) is 22.7 Å². The minimum atomic E-state index is -3.58. The Kier molecular flexibility index (Phi) is 4.76. The van der Waals surface area contributed by atoms with E-state index in [1.165, 1.54) is 11.3 Å². The second-order valence-corrected chi connectivity index (χ2v) is 9.37. The molecular formula is C17H18N2O2S3. The summed E-state index contributed by atoms with van der Waals surface area (Å²) in [4.78, 5) is 5.39. The van der Waals surface area contributed by atoms with Crippen molar-refractivity contribution >= 4 is 38.4 Å². The van der Waals surface area contributed by atoms with Crippen LogP contribution < -0.4 is 4.72 Å². The lowest BCUT2D eigenvalue weighted by molar-refractivity contribution is 0.603. The first kappa shape index (κ1) is 17.1. The van der Waals surface area contributed by atoms with Crippen molar-refractivity contribution in [1.82, 2.24) is 4.98 Å². The molecule has 4 nitrogen and oxygen atoms in total. The molecule has 0 aliphatic heterocycles. The Morgan fingerprint density at radius 2 is 1.92 bits per heavy atom. The first-order chi connectivity index (χ1) is 11.4. The van der Waals surface area contributed by atoms with Crippen LogP contribution in [0, 0.1) is 13.8 Å². The third-order valence-electron chi connectivity index (χ3n) is 3.73.